The number of aromatic nitrogens is 1. The second kappa shape index (κ2) is 3.86. The summed E-state index contributed by atoms with van der Waals surface area (Å²) in [5, 5.41) is 1.64. The Hall–Kier alpha value is -1.43. The average molecular weight is 247 g/mol. The van der Waals surface area contributed by atoms with E-state index in [1.165, 1.54) is 22.9 Å². The van der Waals surface area contributed by atoms with Gasteiger partial charge < -0.3 is 0 Å². The Balaban J connectivity index is 2.45. The maximum absolute atomic E-state index is 13.2. The molecule has 0 aliphatic heterocycles. The van der Waals surface area contributed by atoms with Crippen molar-refractivity contribution >= 4 is 11.3 Å². The van der Waals surface area contributed by atoms with Crippen LogP contribution < -0.4 is 0 Å². The van der Waals surface area contributed by atoms with Gasteiger partial charge in [0.1, 0.15) is 5.82 Å². The molecule has 0 N–H and O–H groups in total. The Bertz CT molecular complexity index is 490. The summed E-state index contributed by atoms with van der Waals surface area (Å²) in [5.41, 5.74) is 1.08. The van der Waals surface area contributed by atoms with Gasteiger partial charge in [0.2, 0.25) is 0 Å². The number of halogens is 4. The number of thiazole rings is 1. The fraction of sp³-hybridized carbons (Fsp3) is 0.100. The van der Waals surface area contributed by atoms with Gasteiger partial charge in [0.15, 0.2) is 0 Å². The van der Waals surface area contributed by atoms with Crippen LogP contribution in [0.15, 0.2) is 29.1 Å². The Morgan fingerprint density at radius 1 is 1.19 bits per heavy atom. The molecule has 2 aromatic rings. The van der Waals surface area contributed by atoms with Gasteiger partial charge in [0, 0.05) is 10.9 Å². The number of nitrogens with zero attached hydrogens (tertiary/aromatic N) is 1. The van der Waals surface area contributed by atoms with Crippen molar-refractivity contribution in [1.29, 1.82) is 0 Å². The van der Waals surface area contributed by atoms with Crippen molar-refractivity contribution in [2.75, 3.05) is 0 Å². The van der Waals surface area contributed by atoms with Crippen LogP contribution in [0.2, 0.25) is 0 Å². The van der Waals surface area contributed by atoms with E-state index in [9.17, 15) is 17.6 Å². The second-order valence-electron chi connectivity index (χ2n) is 3.07. The lowest BCUT2D eigenvalue weighted by molar-refractivity contribution is -0.139. The van der Waals surface area contributed by atoms with Crippen LogP contribution in [0.5, 0.6) is 0 Å². The van der Waals surface area contributed by atoms with E-state index in [0.29, 0.717) is 11.3 Å². The highest BCUT2D eigenvalue weighted by atomic mass is 32.1. The zero-order valence-corrected chi connectivity index (χ0v) is 8.57. The maximum atomic E-state index is 13.2. The fourth-order valence-corrected chi connectivity index (χ4v) is 1.82. The van der Waals surface area contributed by atoms with Crippen LogP contribution in [0.1, 0.15) is 5.56 Å². The van der Waals surface area contributed by atoms with Crippen molar-refractivity contribution in [3.63, 3.8) is 0 Å². The van der Waals surface area contributed by atoms with Crippen molar-refractivity contribution in [2.24, 2.45) is 0 Å². The quantitative estimate of drug-likeness (QED) is 0.695. The van der Waals surface area contributed by atoms with Crippen molar-refractivity contribution in [3.8, 4) is 11.3 Å². The molecule has 0 saturated heterocycles. The number of hydrogen-bond donors (Lipinski definition) is 0. The number of benzene rings is 1. The van der Waals surface area contributed by atoms with Crippen LogP contribution in [0, 0.1) is 5.82 Å². The molecular weight excluding hydrogens is 242 g/mol. The summed E-state index contributed by atoms with van der Waals surface area (Å²) in [6.45, 7) is 0. The van der Waals surface area contributed by atoms with E-state index in [-0.39, 0.29) is 0 Å². The second-order valence-corrected chi connectivity index (χ2v) is 3.78. The predicted molar refractivity (Wildman–Crippen MR) is 52.5 cm³/mol. The van der Waals surface area contributed by atoms with Crippen molar-refractivity contribution in [2.45, 2.75) is 6.18 Å². The molecule has 16 heavy (non-hydrogen) atoms. The molecule has 0 aliphatic rings. The SMILES string of the molecule is Fc1cc(-c2cscn2)ccc1C(F)(F)F. The van der Waals surface area contributed by atoms with Gasteiger partial charge in [-0.05, 0) is 12.1 Å². The highest BCUT2D eigenvalue weighted by Gasteiger charge is 2.33. The van der Waals surface area contributed by atoms with Gasteiger partial charge in [-0.15, -0.1) is 11.3 Å². The molecule has 0 amide bonds. The maximum Gasteiger partial charge on any atom is 0.419 e. The molecule has 0 fully saturated rings. The fourth-order valence-electron chi connectivity index (χ4n) is 1.26. The van der Waals surface area contributed by atoms with E-state index in [4.69, 9.17) is 0 Å². The molecule has 0 aliphatic carbocycles. The van der Waals surface area contributed by atoms with Crippen molar-refractivity contribution in [3.05, 3.63) is 40.5 Å². The molecule has 2 rings (SSSR count). The Labute approximate surface area is 92.4 Å². The van der Waals surface area contributed by atoms with E-state index >= 15 is 0 Å². The molecule has 0 saturated carbocycles. The van der Waals surface area contributed by atoms with Gasteiger partial charge in [0.05, 0.1) is 16.8 Å². The Morgan fingerprint density at radius 3 is 2.44 bits per heavy atom. The minimum atomic E-state index is -4.66. The molecule has 0 atom stereocenters. The standard InChI is InChI=1S/C10H5F4NS/c11-8-3-6(9-4-16-5-15-9)1-2-7(8)10(12,13)14/h1-5H. The molecule has 0 bridgehead atoms. The van der Waals surface area contributed by atoms with Gasteiger partial charge in [-0.3, -0.25) is 0 Å². The van der Waals surface area contributed by atoms with E-state index in [1.807, 2.05) is 0 Å². The van der Waals surface area contributed by atoms with Crippen LogP contribution in [-0.4, -0.2) is 4.98 Å². The monoisotopic (exact) mass is 247 g/mol. The van der Waals surface area contributed by atoms with E-state index in [1.54, 1.807) is 5.38 Å². The topological polar surface area (TPSA) is 12.9 Å². The zero-order valence-electron chi connectivity index (χ0n) is 7.75. The van der Waals surface area contributed by atoms with Gasteiger partial charge in [-0.25, -0.2) is 9.37 Å². The highest BCUT2D eigenvalue weighted by molar-refractivity contribution is 7.07. The number of rotatable bonds is 1. The molecule has 6 heteroatoms. The first-order valence-corrected chi connectivity index (χ1v) is 5.18. The third kappa shape index (κ3) is 2.06. The summed E-state index contributed by atoms with van der Waals surface area (Å²) in [6, 6.07) is 2.78. The summed E-state index contributed by atoms with van der Waals surface area (Å²) in [4.78, 5) is 3.89. The molecule has 84 valence electrons. The van der Waals surface area contributed by atoms with Gasteiger partial charge >= 0.3 is 6.18 Å². The van der Waals surface area contributed by atoms with Crippen LogP contribution in [0.4, 0.5) is 17.6 Å². The molecular formula is C10H5F4NS. The molecule has 0 unspecified atom stereocenters. The molecule has 1 aromatic heterocycles. The zero-order chi connectivity index (χ0) is 11.8. The Kier molecular flexibility index (Phi) is 2.67. The first-order chi connectivity index (χ1) is 7.48. The molecule has 1 aromatic carbocycles. The summed E-state index contributed by atoms with van der Waals surface area (Å²) >= 11 is 1.29. The minimum absolute atomic E-state index is 0.340. The van der Waals surface area contributed by atoms with Crippen LogP contribution in [-0.2, 0) is 6.18 Å². The van der Waals surface area contributed by atoms with Crippen molar-refractivity contribution < 1.29 is 17.6 Å². The third-order valence-corrected chi connectivity index (χ3v) is 2.59. The first kappa shape index (κ1) is 11.1. The largest absolute Gasteiger partial charge is 0.419 e. The first-order valence-electron chi connectivity index (χ1n) is 4.24. The van der Waals surface area contributed by atoms with Crippen LogP contribution >= 0.6 is 11.3 Å². The normalized spacial score (nSPS) is 11.8. The van der Waals surface area contributed by atoms with E-state index in [0.717, 1.165) is 12.1 Å². The van der Waals surface area contributed by atoms with Gasteiger partial charge in [0.25, 0.3) is 0 Å². The summed E-state index contributed by atoms with van der Waals surface area (Å²) in [6.07, 6.45) is -4.66. The van der Waals surface area contributed by atoms with Crippen LogP contribution in [0.25, 0.3) is 11.3 Å². The summed E-state index contributed by atoms with van der Waals surface area (Å²) < 4.78 is 50.0. The molecule has 0 spiro atoms. The van der Waals surface area contributed by atoms with E-state index in [2.05, 4.69) is 4.98 Å². The van der Waals surface area contributed by atoms with Gasteiger partial charge in [-0.2, -0.15) is 13.2 Å². The Morgan fingerprint density at radius 2 is 1.94 bits per heavy atom. The van der Waals surface area contributed by atoms with Crippen LogP contribution in [0.3, 0.4) is 0 Å². The third-order valence-electron chi connectivity index (χ3n) is 2.00. The lowest BCUT2D eigenvalue weighted by atomic mass is 10.1. The summed E-state index contributed by atoms with van der Waals surface area (Å²) in [5.74, 6) is -1.28. The van der Waals surface area contributed by atoms with Gasteiger partial charge in [-0.1, -0.05) is 6.07 Å². The number of hydrogen-bond acceptors (Lipinski definition) is 2. The summed E-state index contributed by atoms with van der Waals surface area (Å²) in [7, 11) is 0. The predicted octanol–water partition coefficient (Wildman–Crippen LogP) is 3.97. The minimum Gasteiger partial charge on any atom is -0.245 e. The number of alkyl halides is 3. The molecule has 0 radical (unpaired) electrons. The molecule has 1 heterocycles. The van der Waals surface area contributed by atoms with Crippen molar-refractivity contribution in [1.82, 2.24) is 4.98 Å². The molecule has 1 nitrogen and oxygen atoms in total. The van der Waals surface area contributed by atoms with E-state index < -0.39 is 17.6 Å². The lowest BCUT2D eigenvalue weighted by Gasteiger charge is -2.08. The average Bonchev–Trinajstić information content (AvgIpc) is 2.68. The lowest BCUT2D eigenvalue weighted by Crippen LogP contribution is -2.07. The highest BCUT2D eigenvalue weighted by Crippen LogP contribution is 2.33. The smallest absolute Gasteiger partial charge is 0.245 e.